The lowest BCUT2D eigenvalue weighted by molar-refractivity contribution is 0.0965. The molecule has 14 heteroatoms. The number of rotatable bonds is 6. The van der Waals surface area contributed by atoms with Crippen LogP contribution in [0.25, 0.3) is 0 Å². The average Bonchev–Trinajstić information content (AvgIpc) is 3.33. The molecule has 12 nitrogen and oxygen atoms in total. The molecule has 0 radical (unpaired) electrons. The largest absolute Gasteiger partial charge is 0.450 e. The number of fused-ring (bicyclic) bond motifs is 2. The summed E-state index contributed by atoms with van der Waals surface area (Å²) in [6.07, 6.45) is 1.31. The van der Waals surface area contributed by atoms with E-state index in [-0.39, 0.29) is 40.7 Å². The average molecular weight is 612 g/mol. The molecule has 0 spiro atoms. The number of sulfonamides is 1. The minimum Gasteiger partial charge on any atom is -0.450 e. The Kier molecular flexibility index (Phi) is 8.18. The van der Waals surface area contributed by atoms with Gasteiger partial charge in [0, 0.05) is 23.5 Å². The summed E-state index contributed by atoms with van der Waals surface area (Å²) in [5.41, 5.74) is 7.62. The molecule has 2 aromatic carbocycles. The van der Waals surface area contributed by atoms with Gasteiger partial charge in [0.05, 0.1) is 29.3 Å². The van der Waals surface area contributed by atoms with Crippen LogP contribution < -0.4 is 20.7 Å². The molecule has 4 N–H and O–H groups in total. The summed E-state index contributed by atoms with van der Waals surface area (Å²) in [6, 6.07) is 11.9. The Labute approximate surface area is 246 Å². The van der Waals surface area contributed by atoms with Crippen molar-refractivity contribution in [2.24, 2.45) is 5.73 Å². The summed E-state index contributed by atoms with van der Waals surface area (Å²) in [4.78, 5) is 52.0. The number of hydrogen-bond acceptors (Lipinski definition) is 8. The van der Waals surface area contributed by atoms with Crippen molar-refractivity contribution in [2.45, 2.75) is 37.6 Å². The lowest BCUT2D eigenvalue weighted by atomic mass is 10.0. The molecule has 42 heavy (non-hydrogen) atoms. The van der Waals surface area contributed by atoms with Crippen LogP contribution in [-0.4, -0.2) is 57.0 Å². The molecule has 3 heterocycles. The zero-order valence-electron chi connectivity index (χ0n) is 22.7. The maximum atomic E-state index is 13.5. The molecular weight excluding hydrogens is 582 g/mol. The number of thiophene rings is 1. The Hall–Kier alpha value is -4.43. The highest BCUT2D eigenvalue weighted by molar-refractivity contribution is 7.92. The van der Waals surface area contributed by atoms with Crippen LogP contribution in [0.15, 0.2) is 53.4 Å². The Morgan fingerprint density at radius 2 is 1.74 bits per heavy atom. The highest BCUT2D eigenvalue weighted by Gasteiger charge is 2.32. The van der Waals surface area contributed by atoms with Gasteiger partial charge in [-0.15, -0.1) is 11.3 Å². The molecule has 0 saturated heterocycles. The predicted molar refractivity (Wildman–Crippen MR) is 156 cm³/mol. The molecule has 2 aliphatic heterocycles. The van der Waals surface area contributed by atoms with Gasteiger partial charge < -0.3 is 20.7 Å². The van der Waals surface area contributed by atoms with Crippen LogP contribution >= 0.6 is 11.3 Å². The van der Waals surface area contributed by atoms with Crippen molar-refractivity contribution in [3.8, 4) is 0 Å². The number of nitrogens with two attached hydrogens (primary N) is 1. The second-order valence-electron chi connectivity index (χ2n) is 9.68. The first-order valence-corrected chi connectivity index (χ1v) is 15.5. The number of nitrogens with one attached hydrogen (secondary N) is 2. The lowest BCUT2D eigenvalue weighted by Gasteiger charge is -2.30. The number of ether oxygens (including phenoxy) is 1. The quantitative estimate of drug-likeness (QED) is 0.383. The van der Waals surface area contributed by atoms with Crippen LogP contribution in [0, 0.1) is 0 Å². The number of nitrogens with zero attached hydrogens (tertiary/aromatic N) is 2. The van der Waals surface area contributed by atoms with Gasteiger partial charge in [-0.3, -0.25) is 19.2 Å². The third-order valence-corrected chi connectivity index (χ3v) is 10.0. The van der Waals surface area contributed by atoms with Crippen LogP contribution in [0.3, 0.4) is 0 Å². The summed E-state index contributed by atoms with van der Waals surface area (Å²) < 4.78 is 33.4. The molecule has 0 saturated carbocycles. The zero-order valence-corrected chi connectivity index (χ0v) is 24.3. The normalized spacial score (nSPS) is 14.4. The standard InChI is InChI=1S/C28H29N5O7S2/c1-2-40-28(37)32-15-13-20-22(16-32)41-26(23(20)25(35)31-27(29)36)30-24(34)18-9-11-19(12-10-18)42(38,39)33-14-5-7-17-6-3-4-8-21(17)33/h3-4,6,8-12H,2,5,7,13-16H2,1H3,(H,30,34)(H3,29,31,35,36). The molecule has 220 valence electrons. The fourth-order valence-corrected chi connectivity index (χ4v) is 7.90. The molecule has 2 aliphatic rings. The number of urea groups is 1. The third-order valence-electron chi connectivity index (χ3n) is 7.05. The van der Waals surface area contributed by atoms with E-state index in [4.69, 9.17) is 10.5 Å². The van der Waals surface area contributed by atoms with E-state index in [0.29, 0.717) is 35.5 Å². The van der Waals surface area contributed by atoms with Crippen LogP contribution in [0.4, 0.5) is 20.3 Å². The summed E-state index contributed by atoms with van der Waals surface area (Å²) in [5, 5.41) is 4.94. The van der Waals surface area contributed by atoms with Gasteiger partial charge in [0.2, 0.25) is 0 Å². The van der Waals surface area contributed by atoms with Gasteiger partial charge in [-0.25, -0.2) is 18.0 Å². The first-order valence-electron chi connectivity index (χ1n) is 13.3. The first kappa shape index (κ1) is 29.1. The van der Waals surface area contributed by atoms with Crippen molar-refractivity contribution in [1.29, 1.82) is 0 Å². The van der Waals surface area contributed by atoms with Gasteiger partial charge in [-0.05, 0) is 67.6 Å². The fourth-order valence-electron chi connectivity index (χ4n) is 5.11. The van der Waals surface area contributed by atoms with Crippen LogP contribution in [-0.2, 0) is 34.1 Å². The number of imide groups is 1. The van der Waals surface area contributed by atoms with E-state index < -0.39 is 34.0 Å². The molecule has 0 aliphatic carbocycles. The number of para-hydroxylation sites is 1. The number of carbonyl (C=O) groups excluding carboxylic acids is 4. The second kappa shape index (κ2) is 11.8. The van der Waals surface area contributed by atoms with Crippen molar-refractivity contribution in [2.75, 3.05) is 29.3 Å². The number of carbonyl (C=O) groups is 4. The highest BCUT2D eigenvalue weighted by Crippen LogP contribution is 2.38. The Balaban J connectivity index is 1.39. The predicted octanol–water partition coefficient (Wildman–Crippen LogP) is 3.47. The maximum Gasteiger partial charge on any atom is 0.410 e. The number of benzene rings is 2. The van der Waals surface area contributed by atoms with Crippen molar-refractivity contribution in [1.82, 2.24) is 10.2 Å². The smallest absolute Gasteiger partial charge is 0.410 e. The van der Waals surface area contributed by atoms with Crippen molar-refractivity contribution < 1.29 is 32.3 Å². The summed E-state index contributed by atoms with van der Waals surface area (Å²) in [7, 11) is -3.86. The first-order chi connectivity index (χ1) is 20.1. The number of hydrogen-bond donors (Lipinski definition) is 3. The number of aryl methyl sites for hydroxylation is 1. The lowest BCUT2D eigenvalue weighted by Crippen LogP contribution is -2.38. The van der Waals surface area contributed by atoms with Crippen LogP contribution in [0.2, 0.25) is 0 Å². The zero-order chi connectivity index (χ0) is 30.0. The monoisotopic (exact) mass is 611 g/mol. The minimum atomic E-state index is -3.86. The van der Waals surface area contributed by atoms with Crippen LogP contribution in [0.1, 0.15) is 50.1 Å². The molecule has 0 unspecified atom stereocenters. The van der Waals surface area contributed by atoms with E-state index in [9.17, 15) is 27.6 Å². The molecular formula is C28H29N5O7S2. The van der Waals surface area contributed by atoms with Gasteiger partial charge in [0.25, 0.3) is 21.8 Å². The van der Waals surface area contributed by atoms with E-state index in [1.807, 2.05) is 17.4 Å². The van der Waals surface area contributed by atoms with Gasteiger partial charge in [0.15, 0.2) is 0 Å². The SMILES string of the molecule is CCOC(=O)N1CCc2c(sc(NC(=O)c3ccc(S(=O)(=O)N4CCCc5ccccc54)cc3)c2C(=O)NC(N)=O)C1. The minimum absolute atomic E-state index is 0.0444. The number of primary amides is 1. The van der Waals surface area contributed by atoms with Crippen LogP contribution in [0.5, 0.6) is 0 Å². The molecule has 5 rings (SSSR count). The number of anilines is 2. The Morgan fingerprint density at radius 3 is 2.45 bits per heavy atom. The highest BCUT2D eigenvalue weighted by atomic mass is 32.2. The van der Waals surface area contributed by atoms with E-state index >= 15 is 0 Å². The second-order valence-corrected chi connectivity index (χ2v) is 12.7. The molecule has 5 amide bonds. The van der Waals surface area contributed by atoms with E-state index in [0.717, 1.165) is 23.3 Å². The fraction of sp³-hybridized carbons (Fsp3) is 0.286. The third kappa shape index (κ3) is 5.67. The Morgan fingerprint density at radius 1 is 1.00 bits per heavy atom. The molecule has 0 bridgehead atoms. The summed E-state index contributed by atoms with van der Waals surface area (Å²) >= 11 is 1.10. The van der Waals surface area contributed by atoms with Gasteiger partial charge in [-0.2, -0.15) is 0 Å². The summed E-state index contributed by atoms with van der Waals surface area (Å²) in [5.74, 6) is -1.36. The number of amides is 5. The van der Waals surface area contributed by atoms with E-state index in [1.54, 1.807) is 19.1 Å². The topological polar surface area (TPSA) is 168 Å². The summed E-state index contributed by atoms with van der Waals surface area (Å²) in [6.45, 7) is 2.72. The molecule has 0 atom stereocenters. The van der Waals surface area contributed by atoms with Gasteiger partial charge in [-0.1, -0.05) is 18.2 Å². The van der Waals surface area contributed by atoms with Crippen molar-refractivity contribution >= 4 is 56.0 Å². The molecule has 3 aromatic rings. The van der Waals surface area contributed by atoms with Crippen molar-refractivity contribution in [3.05, 3.63) is 75.7 Å². The van der Waals surface area contributed by atoms with Gasteiger partial charge >= 0.3 is 12.1 Å². The van der Waals surface area contributed by atoms with E-state index in [2.05, 4.69) is 5.32 Å². The Bertz CT molecular complexity index is 1670. The molecule has 0 fully saturated rings. The van der Waals surface area contributed by atoms with Gasteiger partial charge in [0.1, 0.15) is 5.00 Å². The molecule has 1 aromatic heterocycles. The van der Waals surface area contributed by atoms with Crippen molar-refractivity contribution in [3.63, 3.8) is 0 Å². The maximum absolute atomic E-state index is 13.5. The van der Waals surface area contributed by atoms with E-state index in [1.165, 1.54) is 33.5 Å².